The Morgan fingerprint density at radius 3 is 2.40 bits per heavy atom. The van der Waals surface area contributed by atoms with Gasteiger partial charge in [0, 0.05) is 19.5 Å². The van der Waals surface area contributed by atoms with Crippen molar-refractivity contribution in [2.45, 2.75) is 64.6 Å². The van der Waals surface area contributed by atoms with E-state index in [1.54, 1.807) is 0 Å². The fraction of sp³-hybridized carbons (Fsp3) is 0.938. The van der Waals surface area contributed by atoms with E-state index in [-0.39, 0.29) is 11.7 Å². The van der Waals surface area contributed by atoms with Crippen LogP contribution >= 0.6 is 0 Å². The molecule has 2 fully saturated rings. The number of hydrogen-bond donors (Lipinski definition) is 1. The molecule has 1 unspecified atom stereocenters. The molecule has 2 aliphatic rings. The van der Waals surface area contributed by atoms with Gasteiger partial charge in [-0.2, -0.15) is 0 Å². The van der Waals surface area contributed by atoms with Gasteiger partial charge < -0.3 is 15.4 Å². The molecule has 1 saturated carbocycles. The predicted molar refractivity (Wildman–Crippen MR) is 80.3 cm³/mol. The zero-order chi connectivity index (χ0) is 14.8. The molecule has 1 aliphatic heterocycles. The summed E-state index contributed by atoms with van der Waals surface area (Å²) in [6.45, 7) is 8.43. The molecule has 20 heavy (non-hydrogen) atoms. The first-order valence-electron chi connectivity index (χ1n) is 8.05. The number of ether oxygens (including phenoxy) is 1. The monoisotopic (exact) mass is 282 g/mol. The summed E-state index contributed by atoms with van der Waals surface area (Å²) < 4.78 is 5.86. The number of amides is 1. The van der Waals surface area contributed by atoms with Crippen molar-refractivity contribution in [2.75, 3.05) is 19.6 Å². The fourth-order valence-electron chi connectivity index (χ4n) is 3.69. The summed E-state index contributed by atoms with van der Waals surface area (Å²) in [4.78, 5) is 14.5. The van der Waals surface area contributed by atoms with Crippen molar-refractivity contribution in [3.8, 4) is 0 Å². The molecule has 1 amide bonds. The number of rotatable bonds is 3. The largest absolute Gasteiger partial charge is 0.369 e. The Balaban J connectivity index is 1.83. The molecule has 0 aromatic carbocycles. The first kappa shape index (κ1) is 15.8. The van der Waals surface area contributed by atoms with Gasteiger partial charge in [0.2, 0.25) is 5.91 Å². The van der Waals surface area contributed by atoms with E-state index in [9.17, 15) is 4.79 Å². The highest BCUT2D eigenvalue weighted by Crippen LogP contribution is 2.31. The third kappa shape index (κ3) is 4.19. The summed E-state index contributed by atoms with van der Waals surface area (Å²) in [7, 11) is 0. The van der Waals surface area contributed by atoms with Gasteiger partial charge in [-0.1, -0.05) is 0 Å². The molecule has 2 rings (SSSR count). The van der Waals surface area contributed by atoms with E-state index in [2.05, 4.69) is 13.8 Å². The van der Waals surface area contributed by atoms with Gasteiger partial charge in [-0.15, -0.1) is 0 Å². The number of hydrogen-bond acceptors (Lipinski definition) is 3. The smallest absolute Gasteiger partial charge is 0.223 e. The fourth-order valence-corrected chi connectivity index (χ4v) is 3.69. The number of nitrogens with two attached hydrogens (primary N) is 1. The van der Waals surface area contributed by atoms with E-state index in [0.717, 1.165) is 25.9 Å². The average Bonchev–Trinajstić information content (AvgIpc) is 2.37. The molecule has 0 spiro atoms. The van der Waals surface area contributed by atoms with Crippen molar-refractivity contribution >= 4 is 5.91 Å². The first-order chi connectivity index (χ1) is 9.39. The second kappa shape index (κ2) is 6.44. The van der Waals surface area contributed by atoms with Crippen molar-refractivity contribution < 1.29 is 9.53 Å². The Kier molecular flexibility index (Phi) is 5.08. The topological polar surface area (TPSA) is 55.6 Å². The minimum atomic E-state index is -0.218. The highest BCUT2D eigenvalue weighted by molar-refractivity contribution is 5.76. The highest BCUT2D eigenvalue weighted by Gasteiger charge is 2.34. The van der Waals surface area contributed by atoms with Crippen molar-refractivity contribution in [3.63, 3.8) is 0 Å². The van der Waals surface area contributed by atoms with Crippen molar-refractivity contribution in [2.24, 2.45) is 17.6 Å². The number of nitrogens with zero attached hydrogens (tertiary/aromatic N) is 1. The third-order valence-corrected chi connectivity index (χ3v) is 4.69. The maximum atomic E-state index is 12.5. The molecule has 0 aromatic rings. The zero-order valence-electron chi connectivity index (χ0n) is 13.2. The molecule has 1 heterocycles. The molecule has 1 saturated heterocycles. The Morgan fingerprint density at radius 1 is 1.25 bits per heavy atom. The van der Waals surface area contributed by atoms with Crippen LogP contribution in [0.15, 0.2) is 0 Å². The Hall–Kier alpha value is -0.610. The molecule has 2 N–H and O–H groups in total. The van der Waals surface area contributed by atoms with Crippen LogP contribution in [0.25, 0.3) is 0 Å². The molecule has 1 atom stereocenters. The maximum absolute atomic E-state index is 12.5. The standard InChI is InChI=1S/C16H30N2O2/c1-12-10-18(11-16(2,3)20-12)15(19)8-13-4-6-14(9-17)7-5-13/h12-14H,4-11,17H2,1-3H3. The lowest BCUT2D eigenvalue weighted by atomic mass is 9.80. The molecule has 1 aliphatic carbocycles. The van der Waals surface area contributed by atoms with Gasteiger partial charge in [-0.3, -0.25) is 4.79 Å². The third-order valence-electron chi connectivity index (χ3n) is 4.69. The van der Waals surface area contributed by atoms with E-state index < -0.39 is 0 Å². The lowest BCUT2D eigenvalue weighted by molar-refractivity contribution is -0.159. The van der Waals surface area contributed by atoms with Crippen molar-refractivity contribution in [3.05, 3.63) is 0 Å². The Morgan fingerprint density at radius 2 is 1.85 bits per heavy atom. The van der Waals surface area contributed by atoms with Gasteiger partial charge in [-0.25, -0.2) is 0 Å². The summed E-state index contributed by atoms with van der Waals surface area (Å²) in [5.74, 6) is 1.56. The maximum Gasteiger partial charge on any atom is 0.223 e. The van der Waals surface area contributed by atoms with E-state index in [1.165, 1.54) is 12.8 Å². The van der Waals surface area contributed by atoms with Crippen molar-refractivity contribution in [1.82, 2.24) is 4.90 Å². The zero-order valence-corrected chi connectivity index (χ0v) is 13.2. The summed E-state index contributed by atoms with van der Waals surface area (Å²) in [6, 6.07) is 0. The number of carbonyl (C=O) groups excluding carboxylic acids is 1. The van der Waals surface area contributed by atoms with Crippen LogP contribution < -0.4 is 5.73 Å². The van der Waals surface area contributed by atoms with Crippen LogP contribution in [0, 0.1) is 11.8 Å². The molecular weight excluding hydrogens is 252 g/mol. The highest BCUT2D eigenvalue weighted by atomic mass is 16.5. The lowest BCUT2D eigenvalue weighted by Crippen LogP contribution is -2.54. The van der Waals surface area contributed by atoms with Crippen LogP contribution in [0.3, 0.4) is 0 Å². The number of morpholine rings is 1. The molecule has 0 aromatic heterocycles. The van der Waals surface area contributed by atoms with Crippen LogP contribution in [0.1, 0.15) is 52.9 Å². The van der Waals surface area contributed by atoms with E-state index in [4.69, 9.17) is 10.5 Å². The van der Waals surface area contributed by atoms with Gasteiger partial charge in [0.15, 0.2) is 0 Å². The minimum Gasteiger partial charge on any atom is -0.369 e. The van der Waals surface area contributed by atoms with Crippen LogP contribution in [0.2, 0.25) is 0 Å². The Bertz CT molecular complexity index is 335. The van der Waals surface area contributed by atoms with Gasteiger partial charge >= 0.3 is 0 Å². The van der Waals surface area contributed by atoms with E-state index in [0.29, 0.717) is 30.7 Å². The van der Waals surface area contributed by atoms with Gasteiger partial charge in [-0.05, 0) is 64.8 Å². The average molecular weight is 282 g/mol. The summed E-state index contributed by atoms with van der Waals surface area (Å²) in [6.07, 6.45) is 5.56. The SMILES string of the molecule is CC1CN(C(=O)CC2CCC(CN)CC2)CC(C)(C)O1. The molecule has 0 radical (unpaired) electrons. The predicted octanol–water partition coefficient (Wildman–Crippen LogP) is 2.17. The van der Waals surface area contributed by atoms with Gasteiger partial charge in [0.05, 0.1) is 11.7 Å². The van der Waals surface area contributed by atoms with Crippen LogP contribution in [-0.2, 0) is 9.53 Å². The van der Waals surface area contributed by atoms with Gasteiger partial charge in [0.25, 0.3) is 0 Å². The van der Waals surface area contributed by atoms with E-state index in [1.807, 2.05) is 11.8 Å². The summed E-state index contributed by atoms with van der Waals surface area (Å²) in [5, 5.41) is 0. The molecule has 0 bridgehead atoms. The second-order valence-electron chi connectivity index (χ2n) is 7.29. The normalized spacial score (nSPS) is 34.0. The molecule has 4 nitrogen and oxygen atoms in total. The van der Waals surface area contributed by atoms with Gasteiger partial charge in [0.1, 0.15) is 0 Å². The quantitative estimate of drug-likeness (QED) is 0.863. The van der Waals surface area contributed by atoms with Crippen LogP contribution in [-0.4, -0.2) is 42.1 Å². The lowest BCUT2D eigenvalue weighted by Gasteiger charge is -2.42. The second-order valence-corrected chi connectivity index (χ2v) is 7.29. The number of carbonyl (C=O) groups is 1. The summed E-state index contributed by atoms with van der Waals surface area (Å²) in [5.41, 5.74) is 5.51. The Labute approximate surface area is 123 Å². The minimum absolute atomic E-state index is 0.135. The van der Waals surface area contributed by atoms with Crippen molar-refractivity contribution in [1.29, 1.82) is 0 Å². The first-order valence-corrected chi connectivity index (χ1v) is 8.05. The molecule has 116 valence electrons. The molecule has 4 heteroatoms. The van der Waals surface area contributed by atoms with E-state index >= 15 is 0 Å². The summed E-state index contributed by atoms with van der Waals surface area (Å²) >= 11 is 0. The van der Waals surface area contributed by atoms with Crippen LogP contribution in [0.4, 0.5) is 0 Å². The molecular formula is C16H30N2O2. The van der Waals surface area contributed by atoms with Crippen LogP contribution in [0.5, 0.6) is 0 Å².